The van der Waals surface area contributed by atoms with Crippen molar-refractivity contribution in [2.45, 2.75) is 51.2 Å². The highest BCUT2D eigenvalue weighted by Gasteiger charge is 2.26. The lowest BCUT2D eigenvalue weighted by Crippen LogP contribution is -2.44. The molecule has 0 aliphatic carbocycles. The summed E-state index contributed by atoms with van der Waals surface area (Å²) in [5, 5.41) is 3.43. The number of alkyl halides is 3. The standard InChI is InChI=1S/C12H23F3N2/c1-2-17(9-5-7-12(13,14)15)10-11-6-3-4-8-16-11/h11,16H,2-10H2,1H3. The average molecular weight is 252 g/mol. The van der Waals surface area contributed by atoms with E-state index < -0.39 is 12.6 Å². The van der Waals surface area contributed by atoms with Crippen LogP contribution in [0, 0.1) is 0 Å². The number of hydrogen-bond donors (Lipinski definition) is 1. The van der Waals surface area contributed by atoms with Crippen LogP contribution < -0.4 is 5.32 Å². The third-order valence-corrected chi connectivity index (χ3v) is 3.27. The van der Waals surface area contributed by atoms with Gasteiger partial charge < -0.3 is 10.2 Å². The normalized spacial score (nSPS) is 22.1. The lowest BCUT2D eigenvalue weighted by molar-refractivity contribution is -0.136. The van der Waals surface area contributed by atoms with Crippen LogP contribution in [0.4, 0.5) is 13.2 Å². The number of nitrogens with one attached hydrogen (secondary N) is 1. The molecule has 1 atom stereocenters. The molecule has 0 radical (unpaired) electrons. The van der Waals surface area contributed by atoms with Crippen molar-refractivity contribution in [2.75, 3.05) is 26.2 Å². The molecule has 0 aromatic heterocycles. The summed E-state index contributed by atoms with van der Waals surface area (Å²) in [4.78, 5) is 2.12. The predicted molar refractivity (Wildman–Crippen MR) is 63.0 cm³/mol. The highest BCUT2D eigenvalue weighted by molar-refractivity contribution is 4.75. The van der Waals surface area contributed by atoms with Gasteiger partial charge >= 0.3 is 6.18 Å². The Kier molecular flexibility index (Phi) is 6.27. The van der Waals surface area contributed by atoms with Crippen LogP contribution in [0.25, 0.3) is 0 Å². The zero-order chi connectivity index (χ0) is 12.7. The van der Waals surface area contributed by atoms with Crippen LogP contribution in [-0.4, -0.2) is 43.3 Å². The number of hydrogen-bond acceptors (Lipinski definition) is 2. The van der Waals surface area contributed by atoms with Gasteiger partial charge in [-0.05, 0) is 38.9 Å². The highest BCUT2D eigenvalue weighted by atomic mass is 19.4. The molecule has 1 saturated heterocycles. The summed E-state index contributed by atoms with van der Waals surface area (Å²) in [6.45, 7) is 5.32. The largest absolute Gasteiger partial charge is 0.389 e. The maximum atomic E-state index is 12.0. The average Bonchev–Trinajstić information content (AvgIpc) is 2.27. The summed E-state index contributed by atoms with van der Waals surface area (Å²) in [6, 6.07) is 0.467. The van der Waals surface area contributed by atoms with Crippen LogP contribution in [0.15, 0.2) is 0 Å². The molecule has 1 heterocycles. The Morgan fingerprint density at radius 1 is 1.29 bits per heavy atom. The molecule has 1 rings (SSSR count). The van der Waals surface area contributed by atoms with E-state index in [0.717, 1.165) is 26.1 Å². The Labute approximate surface area is 102 Å². The number of piperidine rings is 1. The van der Waals surface area contributed by atoms with Crippen LogP contribution in [0.1, 0.15) is 39.0 Å². The van der Waals surface area contributed by atoms with Gasteiger partial charge in [-0.2, -0.15) is 13.2 Å². The number of halogens is 3. The van der Waals surface area contributed by atoms with Crippen LogP contribution in [0.3, 0.4) is 0 Å². The fraction of sp³-hybridized carbons (Fsp3) is 1.00. The lowest BCUT2D eigenvalue weighted by atomic mass is 10.0. The minimum Gasteiger partial charge on any atom is -0.313 e. The van der Waals surface area contributed by atoms with Crippen molar-refractivity contribution >= 4 is 0 Å². The molecule has 0 saturated carbocycles. The molecule has 0 aromatic rings. The first-order valence-electron chi connectivity index (χ1n) is 6.54. The summed E-state index contributed by atoms with van der Waals surface area (Å²) < 4.78 is 36.1. The van der Waals surface area contributed by atoms with E-state index in [1.807, 2.05) is 6.92 Å². The SMILES string of the molecule is CCN(CCCC(F)(F)F)CC1CCCCN1. The predicted octanol–water partition coefficient (Wildman–Crippen LogP) is 2.79. The molecule has 1 unspecified atom stereocenters. The lowest BCUT2D eigenvalue weighted by Gasteiger charge is -2.30. The van der Waals surface area contributed by atoms with Crippen molar-refractivity contribution in [3.8, 4) is 0 Å². The van der Waals surface area contributed by atoms with E-state index in [-0.39, 0.29) is 6.42 Å². The third kappa shape index (κ3) is 6.88. The van der Waals surface area contributed by atoms with Gasteiger partial charge in [0.05, 0.1) is 0 Å². The molecular formula is C12H23F3N2. The van der Waals surface area contributed by atoms with Gasteiger partial charge in [0.1, 0.15) is 0 Å². The monoisotopic (exact) mass is 252 g/mol. The fourth-order valence-corrected chi connectivity index (χ4v) is 2.27. The molecule has 1 aliphatic heterocycles. The molecule has 1 fully saturated rings. The first kappa shape index (κ1) is 14.8. The van der Waals surface area contributed by atoms with Crippen LogP contribution >= 0.6 is 0 Å². The zero-order valence-corrected chi connectivity index (χ0v) is 10.5. The summed E-state index contributed by atoms with van der Waals surface area (Å²) >= 11 is 0. The Bertz CT molecular complexity index is 200. The molecule has 1 N–H and O–H groups in total. The van der Waals surface area contributed by atoms with Gasteiger partial charge in [0, 0.05) is 19.0 Å². The molecule has 0 bridgehead atoms. The van der Waals surface area contributed by atoms with Gasteiger partial charge in [-0.3, -0.25) is 0 Å². The fourth-order valence-electron chi connectivity index (χ4n) is 2.27. The Hall–Kier alpha value is -0.290. The van der Waals surface area contributed by atoms with E-state index in [2.05, 4.69) is 10.2 Å². The Morgan fingerprint density at radius 3 is 2.59 bits per heavy atom. The first-order valence-corrected chi connectivity index (χ1v) is 6.54. The van der Waals surface area contributed by atoms with Gasteiger partial charge in [0.25, 0.3) is 0 Å². The maximum absolute atomic E-state index is 12.0. The molecule has 2 nitrogen and oxygen atoms in total. The first-order chi connectivity index (χ1) is 8.01. The molecule has 17 heavy (non-hydrogen) atoms. The molecule has 0 amide bonds. The van der Waals surface area contributed by atoms with E-state index in [9.17, 15) is 13.2 Å². The van der Waals surface area contributed by atoms with Gasteiger partial charge in [0.2, 0.25) is 0 Å². The van der Waals surface area contributed by atoms with E-state index in [1.54, 1.807) is 0 Å². The van der Waals surface area contributed by atoms with Crippen molar-refractivity contribution < 1.29 is 13.2 Å². The number of nitrogens with zero attached hydrogens (tertiary/aromatic N) is 1. The van der Waals surface area contributed by atoms with Crippen molar-refractivity contribution in [3.05, 3.63) is 0 Å². The van der Waals surface area contributed by atoms with Gasteiger partial charge in [-0.1, -0.05) is 13.3 Å². The topological polar surface area (TPSA) is 15.3 Å². The van der Waals surface area contributed by atoms with Crippen LogP contribution in [0.2, 0.25) is 0 Å². The zero-order valence-electron chi connectivity index (χ0n) is 10.5. The van der Waals surface area contributed by atoms with Crippen molar-refractivity contribution in [2.24, 2.45) is 0 Å². The second kappa shape index (κ2) is 7.21. The molecule has 0 aromatic carbocycles. The van der Waals surface area contributed by atoms with Crippen molar-refractivity contribution in [1.82, 2.24) is 10.2 Å². The van der Waals surface area contributed by atoms with E-state index in [0.29, 0.717) is 12.6 Å². The number of likely N-dealkylation sites (N-methyl/N-ethyl adjacent to an activating group) is 1. The summed E-state index contributed by atoms with van der Waals surface area (Å²) in [5.41, 5.74) is 0. The van der Waals surface area contributed by atoms with E-state index in [4.69, 9.17) is 0 Å². The third-order valence-electron chi connectivity index (χ3n) is 3.27. The Morgan fingerprint density at radius 2 is 2.06 bits per heavy atom. The Balaban J connectivity index is 2.18. The molecule has 1 aliphatic rings. The van der Waals surface area contributed by atoms with Crippen molar-refractivity contribution in [3.63, 3.8) is 0 Å². The molecule has 0 spiro atoms. The van der Waals surface area contributed by atoms with Gasteiger partial charge in [-0.25, -0.2) is 0 Å². The molecule has 102 valence electrons. The molecular weight excluding hydrogens is 229 g/mol. The van der Waals surface area contributed by atoms with E-state index in [1.165, 1.54) is 12.8 Å². The maximum Gasteiger partial charge on any atom is 0.389 e. The van der Waals surface area contributed by atoms with Crippen LogP contribution in [-0.2, 0) is 0 Å². The molecule has 5 heteroatoms. The number of rotatable bonds is 6. The quantitative estimate of drug-likeness (QED) is 0.782. The van der Waals surface area contributed by atoms with Crippen LogP contribution in [0.5, 0.6) is 0 Å². The van der Waals surface area contributed by atoms with E-state index >= 15 is 0 Å². The summed E-state index contributed by atoms with van der Waals surface area (Å²) in [6.07, 6.45) is -0.863. The summed E-state index contributed by atoms with van der Waals surface area (Å²) in [7, 11) is 0. The van der Waals surface area contributed by atoms with Crippen molar-refractivity contribution in [1.29, 1.82) is 0 Å². The minimum atomic E-state index is -4.01. The van der Waals surface area contributed by atoms with Gasteiger partial charge in [-0.15, -0.1) is 0 Å². The summed E-state index contributed by atoms with van der Waals surface area (Å²) in [5.74, 6) is 0. The second-order valence-electron chi connectivity index (χ2n) is 4.76. The minimum absolute atomic E-state index is 0.212. The smallest absolute Gasteiger partial charge is 0.313 e. The highest BCUT2D eigenvalue weighted by Crippen LogP contribution is 2.21. The van der Waals surface area contributed by atoms with Gasteiger partial charge in [0.15, 0.2) is 0 Å². The second-order valence-corrected chi connectivity index (χ2v) is 4.76.